The molecule has 1 aromatic heterocycles. The lowest BCUT2D eigenvalue weighted by Crippen LogP contribution is -2.20. The van der Waals surface area contributed by atoms with E-state index in [9.17, 15) is 0 Å². The molecule has 2 nitrogen and oxygen atoms in total. The van der Waals surface area contributed by atoms with Crippen LogP contribution < -0.4 is 5.32 Å². The number of nitrogens with one attached hydrogen (secondary N) is 1. The average Bonchev–Trinajstić information content (AvgIpc) is 2.46. The van der Waals surface area contributed by atoms with Gasteiger partial charge in [0.05, 0.1) is 5.52 Å². The van der Waals surface area contributed by atoms with Gasteiger partial charge in [-0.3, -0.25) is 4.98 Å². The molecule has 0 atom stereocenters. The highest BCUT2D eigenvalue weighted by Crippen LogP contribution is 2.16. The molecule has 0 spiro atoms. The van der Waals surface area contributed by atoms with E-state index in [1.807, 2.05) is 12.3 Å². The molecule has 0 saturated carbocycles. The molecular formula is C18H24N2. The van der Waals surface area contributed by atoms with Gasteiger partial charge in [0, 0.05) is 11.6 Å². The van der Waals surface area contributed by atoms with Gasteiger partial charge in [0.1, 0.15) is 0 Å². The molecule has 0 aliphatic carbocycles. The Kier molecular flexibility index (Phi) is 5.75. The summed E-state index contributed by atoms with van der Waals surface area (Å²) in [5.74, 6) is 0.724. The fourth-order valence-corrected chi connectivity index (χ4v) is 2.24. The van der Waals surface area contributed by atoms with Crippen molar-refractivity contribution in [1.82, 2.24) is 10.3 Å². The van der Waals surface area contributed by atoms with Crippen molar-refractivity contribution in [3.8, 4) is 0 Å². The van der Waals surface area contributed by atoms with Gasteiger partial charge in [-0.05, 0) is 49.5 Å². The molecule has 0 unspecified atom stereocenters. The van der Waals surface area contributed by atoms with Gasteiger partial charge in [0.25, 0.3) is 0 Å². The van der Waals surface area contributed by atoms with Crippen molar-refractivity contribution in [2.75, 3.05) is 13.1 Å². The molecule has 2 aromatic rings. The molecule has 106 valence electrons. The van der Waals surface area contributed by atoms with Crippen LogP contribution in [0, 0.1) is 5.92 Å². The summed E-state index contributed by atoms with van der Waals surface area (Å²) in [6.07, 6.45) is 8.50. The maximum Gasteiger partial charge on any atom is 0.0704 e. The van der Waals surface area contributed by atoms with E-state index in [2.05, 4.69) is 60.6 Å². The van der Waals surface area contributed by atoms with E-state index in [-0.39, 0.29) is 0 Å². The summed E-state index contributed by atoms with van der Waals surface area (Å²) in [5, 5.41) is 4.71. The molecule has 0 amide bonds. The number of nitrogens with zero attached hydrogens (tertiary/aromatic N) is 1. The standard InChI is InChI=1S/C18H24N2/c1-15(2)14-19-12-7-3-4-8-16-11-13-20-18-10-6-5-9-17(16)18/h3-6,9-11,13,15,19H,7-8,12,14H2,1-2H3. The molecule has 20 heavy (non-hydrogen) atoms. The van der Waals surface area contributed by atoms with E-state index >= 15 is 0 Å². The summed E-state index contributed by atoms with van der Waals surface area (Å²) in [6.45, 7) is 6.63. The molecule has 0 saturated heterocycles. The van der Waals surface area contributed by atoms with Crippen molar-refractivity contribution < 1.29 is 0 Å². The highest BCUT2D eigenvalue weighted by atomic mass is 14.8. The first-order valence-corrected chi connectivity index (χ1v) is 7.45. The van der Waals surface area contributed by atoms with Crippen molar-refractivity contribution in [3.05, 3.63) is 54.2 Å². The molecule has 1 N–H and O–H groups in total. The van der Waals surface area contributed by atoms with E-state index in [0.717, 1.165) is 37.4 Å². The second kappa shape index (κ2) is 7.81. The van der Waals surface area contributed by atoms with E-state index in [1.54, 1.807) is 0 Å². The Morgan fingerprint density at radius 1 is 1.15 bits per heavy atom. The summed E-state index contributed by atoms with van der Waals surface area (Å²) < 4.78 is 0. The van der Waals surface area contributed by atoms with Crippen molar-refractivity contribution in [1.29, 1.82) is 0 Å². The zero-order chi connectivity index (χ0) is 14.2. The zero-order valence-corrected chi connectivity index (χ0v) is 12.5. The van der Waals surface area contributed by atoms with Crippen LogP contribution in [-0.2, 0) is 6.42 Å². The number of pyridine rings is 1. The fraction of sp³-hybridized carbons (Fsp3) is 0.389. The van der Waals surface area contributed by atoms with Crippen LogP contribution in [0.4, 0.5) is 0 Å². The van der Waals surface area contributed by atoms with Gasteiger partial charge in [-0.1, -0.05) is 44.2 Å². The van der Waals surface area contributed by atoms with Crippen LogP contribution in [0.1, 0.15) is 25.8 Å². The number of fused-ring (bicyclic) bond motifs is 1. The van der Waals surface area contributed by atoms with Crippen LogP contribution in [0.15, 0.2) is 48.7 Å². The van der Waals surface area contributed by atoms with Gasteiger partial charge in [-0.2, -0.15) is 0 Å². The minimum Gasteiger partial charge on any atom is -0.316 e. The average molecular weight is 268 g/mol. The van der Waals surface area contributed by atoms with Gasteiger partial charge in [-0.15, -0.1) is 0 Å². The molecule has 0 bridgehead atoms. The number of hydrogen-bond donors (Lipinski definition) is 1. The monoisotopic (exact) mass is 268 g/mol. The van der Waals surface area contributed by atoms with Crippen LogP contribution in [0.25, 0.3) is 10.9 Å². The van der Waals surface area contributed by atoms with Crippen LogP contribution in [0.3, 0.4) is 0 Å². The second-order valence-corrected chi connectivity index (χ2v) is 5.55. The first-order chi connectivity index (χ1) is 9.77. The molecule has 2 heteroatoms. The van der Waals surface area contributed by atoms with E-state index in [1.165, 1.54) is 10.9 Å². The number of aromatic nitrogens is 1. The molecule has 2 rings (SSSR count). The maximum absolute atomic E-state index is 4.39. The van der Waals surface area contributed by atoms with Crippen LogP contribution >= 0.6 is 0 Å². The van der Waals surface area contributed by atoms with Gasteiger partial charge in [-0.25, -0.2) is 0 Å². The smallest absolute Gasteiger partial charge is 0.0704 e. The lowest BCUT2D eigenvalue weighted by atomic mass is 10.1. The Bertz CT molecular complexity index is 553. The normalized spacial score (nSPS) is 11.8. The topological polar surface area (TPSA) is 24.9 Å². The number of hydrogen-bond acceptors (Lipinski definition) is 2. The molecular weight excluding hydrogens is 244 g/mol. The SMILES string of the molecule is CC(C)CNCCC=CCc1ccnc2ccccc12. The third-order valence-corrected chi connectivity index (χ3v) is 3.28. The predicted molar refractivity (Wildman–Crippen MR) is 86.9 cm³/mol. The lowest BCUT2D eigenvalue weighted by molar-refractivity contribution is 0.556. The summed E-state index contributed by atoms with van der Waals surface area (Å²) in [7, 11) is 0. The highest BCUT2D eigenvalue weighted by Gasteiger charge is 1.98. The van der Waals surface area contributed by atoms with Crippen molar-refractivity contribution >= 4 is 10.9 Å². The molecule has 0 radical (unpaired) electrons. The Labute approximate surface area is 121 Å². The Balaban J connectivity index is 1.83. The van der Waals surface area contributed by atoms with E-state index in [4.69, 9.17) is 0 Å². The number of rotatable bonds is 7. The highest BCUT2D eigenvalue weighted by molar-refractivity contribution is 5.81. The van der Waals surface area contributed by atoms with Gasteiger partial charge < -0.3 is 5.32 Å². The third-order valence-electron chi connectivity index (χ3n) is 3.28. The summed E-state index contributed by atoms with van der Waals surface area (Å²) >= 11 is 0. The number of allylic oxidation sites excluding steroid dienone is 1. The predicted octanol–water partition coefficient (Wildman–Crippen LogP) is 3.97. The summed E-state index contributed by atoms with van der Waals surface area (Å²) in [6, 6.07) is 10.4. The Morgan fingerprint density at radius 3 is 2.85 bits per heavy atom. The Hall–Kier alpha value is -1.67. The van der Waals surface area contributed by atoms with Crippen LogP contribution in [-0.4, -0.2) is 18.1 Å². The summed E-state index contributed by atoms with van der Waals surface area (Å²) in [4.78, 5) is 4.39. The molecule has 1 heterocycles. The fourth-order valence-electron chi connectivity index (χ4n) is 2.24. The largest absolute Gasteiger partial charge is 0.316 e. The minimum absolute atomic E-state index is 0.724. The van der Waals surface area contributed by atoms with Gasteiger partial charge in [0.2, 0.25) is 0 Å². The molecule has 1 aromatic carbocycles. The molecule has 0 aliphatic heterocycles. The molecule has 0 aliphatic rings. The van der Waals surface area contributed by atoms with Gasteiger partial charge in [0.15, 0.2) is 0 Å². The first kappa shape index (κ1) is 14.7. The van der Waals surface area contributed by atoms with Crippen molar-refractivity contribution in [2.45, 2.75) is 26.7 Å². The number of para-hydroxylation sites is 1. The second-order valence-electron chi connectivity index (χ2n) is 5.55. The Morgan fingerprint density at radius 2 is 2.00 bits per heavy atom. The van der Waals surface area contributed by atoms with Crippen molar-refractivity contribution in [3.63, 3.8) is 0 Å². The molecule has 0 fully saturated rings. The van der Waals surface area contributed by atoms with Crippen LogP contribution in [0.2, 0.25) is 0 Å². The third kappa shape index (κ3) is 4.46. The lowest BCUT2D eigenvalue weighted by Gasteiger charge is -2.05. The van der Waals surface area contributed by atoms with Crippen LogP contribution in [0.5, 0.6) is 0 Å². The quantitative estimate of drug-likeness (QED) is 0.607. The first-order valence-electron chi connectivity index (χ1n) is 7.45. The minimum atomic E-state index is 0.724. The van der Waals surface area contributed by atoms with E-state index in [0.29, 0.717) is 0 Å². The number of benzene rings is 1. The zero-order valence-electron chi connectivity index (χ0n) is 12.5. The van der Waals surface area contributed by atoms with Gasteiger partial charge >= 0.3 is 0 Å². The maximum atomic E-state index is 4.39. The summed E-state index contributed by atoms with van der Waals surface area (Å²) in [5.41, 5.74) is 2.43. The van der Waals surface area contributed by atoms with E-state index < -0.39 is 0 Å². The van der Waals surface area contributed by atoms with Crippen molar-refractivity contribution in [2.24, 2.45) is 5.92 Å².